The summed E-state index contributed by atoms with van der Waals surface area (Å²) in [5.74, 6) is 1.20. The molecule has 0 radical (unpaired) electrons. The predicted molar refractivity (Wildman–Crippen MR) is 79.0 cm³/mol. The van der Waals surface area contributed by atoms with E-state index in [0.717, 1.165) is 29.2 Å². The van der Waals surface area contributed by atoms with Crippen molar-refractivity contribution in [2.75, 3.05) is 6.54 Å². The molecule has 1 fully saturated rings. The molecule has 1 aliphatic heterocycles. The molecule has 0 aliphatic carbocycles. The van der Waals surface area contributed by atoms with Gasteiger partial charge in [-0.3, -0.25) is 0 Å². The highest BCUT2D eigenvalue weighted by atomic mass is 35.5. The summed E-state index contributed by atoms with van der Waals surface area (Å²) in [4.78, 5) is 7.23. The third-order valence-electron chi connectivity index (χ3n) is 3.31. The van der Waals surface area contributed by atoms with Crippen LogP contribution in [0.1, 0.15) is 39.2 Å². The highest BCUT2D eigenvalue weighted by Gasteiger charge is 2.28. The van der Waals surface area contributed by atoms with Gasteiger partial charge in [-0.15, -0.1) is 0 Å². The molecule has 2 rings (SSSR count). The number of aryl methyl sites for hydroxylation is 1. The van der Waals surface area contributed by atoms with Crippen LogP contribution in [0.4, 0.5) is 5.69 Å². The van der Waals surface area contributed by atoms with Crippen molar-refractivity contribution in [2.45, 2.75) is 46.1 Å². The van der Waals surface area contributed by atoms with Gasteiger partial charge in [-0.25, -0.2) is 4.99 Å². The lowest BCUT2D eigenvalue weighted by Gasteiger charge is -2.34. The summed E-state index contributed by atoms with van der Waals surface area (Å²) in [7, 11) is 0. The lowest BCUT2D eigenvalue weighted by molar-refractivity contribution is 0.256. The average Bonchev–Trinajstić information content (AvgIpc) is 2.70. The summed E-state index contributed by atoms with van der Waals surface area (Å²) in [6.45, 7) is 9.88. The van der Waals surface area contributed by atoms with Crippen molar-refractivity contribution in [1.29, 1.82) is 0 Å². The van der Waals surface area contributed by atoms with E-state index in [2.05, 4.69) is 32.6 Å². The van der Waals surface area contributed by atoms with Crippen LogP contribution in [-0.4, -0.2) is 22.8 Å². The summed E-state index contributed by atoms with van der Waals surface area (Å²) in [6, 6.07) is 5.88. The maximum atomic E-state index is 5.98. The fraction of sp³-hybridized carbons (Fsp3) is 0.533. The zero-order valence-electron chi connectivity index (χ0n) is 11.6. The van der Waals surface area contributed by atoms with E-state index in [-0.39, 0.29) is 5.54 Å². The van der Waals surface area contributed by atoms with E-state index in [0.29, 0.717) is 0 Å². The highest BCUT2D eigenvalue weighted by Crippen LogP contribution is 2.28. The maximum Gasteiger partial charge on any atom is 0.105 e. The molecular weight excluding hydrogens is 244 g/mol. The van der Waals surface area contributed by atoms with Crippen LogP contribution in [0.5, 0.6) is 0 Å². The molecule has 0 amide bonds. The maximum absolute atomic E-state index is 5.98. The van der Waals surface area contributed by atoms with Gasteiger partial charge in [-0.2, -0.15) is 0 Å². The average molecular weight is 265 g/mol. The molecule has 0 spiro atoms. The Labute approximate surface area is 115 Å². The molecule has 1 aromatic rings. The summed E-state index contributed by atoms with van der Waals surface area (Å²) in [5.41, 5.74) is 2.32. The van der Waals surface area contributed by atoms with E-state index in [9.17, 15) is 0 Å². The Bertz CT molecular complexity index is 472. The smallest absolute Gasteiger partial charge is 0.105 e. The van der Waals surface area contributed by atoms with Gasteiger partial charge in [-0.05, 0) is 57.9 Å². The first-order valence-corrected chi connectivity index (χ1v) is 6.87. The number of likely N-dealkylation sites (tertiary alicyclic amines) is 1. The van der Waals surface area contributed by atoms with E-state index < -0.39 is 0 Å². The minimum absolute atomic E-state index is 0.148. The molecule has 1 aromatic carbocycles. The van der Waals surface area contributed by atoms with E-state index >= 15 is 0 Å². The summed E-state index contributed by atoms with van der Waals surface area (Å²) in [6.07, 6.45) is 2.27. The summed E-state index contributed by atoms with van der Waals surface area (Å²) < 4.78 is 0. The first-order valence-electron chi connectivity index (χ1n) is 6.49. The van der Waals surface area contributed by atoms with Crippen LogP contribution in [0.15, 0.2) is 23.2 Å². The van der Waals surface area contributed by atoms with Crippen molar-refractivity contribution in [2.24, 2.45) is 4.99 Å². The Morgan fingerprint density at radius 2 is 2.00 bits per heavy atom. The van der Waals surface area contributed by atoms with Crippen molar-refractivity contribution < 1.29 is 0 Å². The topological polar surface area (TPSA) is 15.6 Å². The molecule has 1 heterocycles. The van der Waals surface area contributed by atoms with Crippen LogP contribution in [0.2, 0.25) is 5.02 Å². The summed E-state index contributed by atoms with van der Waals surface area (Å²) in [5, 5.41) is 0.774. The number of aliphatic imine (C=N–C) groups is 1. The van der Waals surface area contributed by atoms with E-state index in [1.165, 1.54) is 12.3 Å². The van der Waals surface area contributed by atoms with Gasteiger partial charge in [0, 0.05) is 23.5 Å². The van der Waals surface area contributed by atoms with Crippen molar-refractivity contribution in [3.8, 4) is 0 Å². The SMILES string of the molecule is Cc1cc(Cl)ccc1N=C1CCCN1C(C)(C)C. The lowest BCUT2D eigenvalue weighted by Crippen LogP contribution is -2.41. The largest absolute Gasteiger partial charge is 0.355 e. The molecule has 98 valence electrons. The Morgan fingerprint density at radius 3 is 2.61 bits per heavy atom. The fourth-order valence-corrected chi connectivity index (χ4v) is 2.61. The van der Waals surface area contributed by atoms with Gasteiger partial charge in [-0.1, -0.05) is 11.6 Å². The van der Waals surface area contributed by atoms with Crippen LogP contribution in [0, 0.1) is 6.92 Å². The van der Waals surface area contributed by atoms with Gasteiger partial charge in [0.05, 0.1) is 5.69 Å². The second kappa shape index (κ2) is 4.93. The van der Waals surface area contributed by atoms with Crippen LogP contribution < -0.4 is 0 Å². The van der Waals surface area contributed by atoms with E-state index in [4.69, 9.17) is 16.6 Å². The lowest BCUT2D eigenvalue weighted by atomic mass is 10.1. The third-order valence-corrected chi connectivity index (χ3v) is 3.55. The molecule has 1 saturated heterocycles. The molecule has 0 bridgehead atoms. The number of amidine groups is 1. The first-order chi connectivity index (χ1) is 8.38. The third kappa shape index (κ3) is 2.86. The van der Waals surface area contributed by atoms with Crippen LogP contribution in [0.3, 0.4) is 0 Å². The van der Waals surface area contributed by atoms with Crippen molar-refractivity contribution in [1.82, 2.24) is 4.90 Å². The number of hydrogen-bond acceptors (Lipinski definition) is 1. The highest BCUT2D eigenvalue weighted by molar-refractivity contribution is 6.30. The number of halogens is 1. The molecule has 0 N–H and O–H groups in total. The standard InChI is InChI=1S/C15H21ClN2/c1-11-10-12(16)7-8-13(11)17-14-6-5-9-18(14)15(2,3)4/h7-8,10H,5-6,9H2,1-4H3. The fourth-order valence-electron chi connectivity index (χ4n) is 2.38. The van der Waals surface area contributed by atoms with Gasteiger partial charge in [0.15, 0.2) is 0 Å². The predicted octanol–water partition coefficient (Wildman–Crippen LogP) is 4.57. The van der Waals surface area contributed by atoms with Gasteiger partial charge < -0.3 is 4.90 Å². The molecule has 0 unspecified atom stereocenters. The van der Waals surface area contributed by atoms with Crippen molar-refractivity contribution >= 4 is 23.1 Å². The Balaban J connectivity index is 2.32. The van der Waals surface area contributed by atoms with E-state index in [1.54, 1.807) is 0 Å². The number of nitrogens with zero attached hydrogens (tertiary/aromatic N) is 2. The Hall–Kier alpha value is -1.02. The molecule has 2 nitrogen and oxygen atoms in total. The number of rotatable bonds is 1. The number of hydrogen-bond donors (Lipinski definition) is 0. The Morgan fingerprint density at radius 1 is 1.28 bits per heavy atom. The zero-order valence-corrected chi connectivity index (χ0v) is 12.4. The molecule has 18 heavy (non-hydrogen) atoms. The summed E-state index contributed by atoms with van der Waals surface area (Å²) >= 11 is 5.98. The first kappa shape index (κ1) is 13.4. The minimum Gasteiger partial charge on any atom is -0.355 e. The van der Waals surface area contributed by atoms with E-state index in [1.807, 2.05) is 18.2 Å². The molecule has 1 aliphatic rings. The second-order valence-corrected chi connectivity index (χ2v) is 6.32. The molecule has 0 aromatic heterocycles. The Kier molecular flexibility index (Phi) is 3.67. The molecule has 0 saturated carbocycles. The van der Waals surface area contributed by atoms with Crippen molar-refractivity contribution in [3.05, 3.63) is 28.8 Å². The zero-order chi connectivity index (χ0) is 13.3. The molecule has 3 heteroatoms. The van der Waals surface area contributed by atoms with Crippen LogP contribution in [0.25, 0.3) is 0 Å². The van der Waals surface area contributed by atoms with Crippen LogP contribution in [-0.2, 0) is 0 Å². The van der Waals surface area contributed by atoms with Gasteiger partial charge >= 0.3 is 0 Å². The molecular formula is C15H21ClN2. The van der Waals surface area contributed by atoms with Crippen LogP contribution >= 0.6 is 11.6 Å². The molecule has 0 atom stereocenters. The normalized spacial score (nSPS) is 18.7. The minimum atomic E-state index is 0.148. The van der Waals surface area contributed by atoms with Crippen molar-refractivity contribution in [3.63, 3.8) is 0 Å². The second-order valence-electron chi connectivity index (χ2n) is 5.88. The monoisotopic (exact) mass is 264 g/mol. The quantitative estimate of drug-likeness (QED) is 0.725. The number of benzene rings is 1. The van der Waals surface area contributed by atoms with Gasteiger partial charge in [0.1, 0.15) is 5.84 Å². The van der Waals surface area contributed by atoms with Gasteiger partial charge in [0.25, 0.3) is 0 Å². The van der Waals surface area contributed by atoms with Gasteiger partial charge in [0.2, 0.25) is 0 Å².